The Morgan fingerprint density at radius 2 is 1.93 bits per heavy atom. The highest BCUT2D eigenvalue weighted by Gasteiger charge is 2.33. The Kier molecular flexibility index (Phi) is 6.17. The summed E-state index contributed by atoms with van der Waals surface area (Å²) in [5, 5.41) is 3.12. The van der Waals surface area contributed by atoms with E-state index in [2.05, 4.69) is 29.0 Å². The van der Waals surface area contributed by atoms with Gasteiger partial charge in [-0.3, -0.25) is 9.59 Å². The number of H-pyrrole nitrogens is 1. The molecule has 2 aromatic rings. The molecule has 0 radical (unpaired) electrons. The van der Waals surface area contributed by atoms with Crippen molar-refractivity contribution in [2.24, 2.45) is 0 Å². The summed E-state index contributed by atoms with van der Waals surface area (Å²) < 4.78 is 14.2. The zero-order valence-corrected chi connectivity index (χ0v) is 17.3. The maximum Gasteiger partial charge on any atom is 0.287 e. The van der Waals surface area contributed by atoms with Crippen LogP contribution in [0.15, 0.2) is 24.3 Å². The van der Waals surface area contributed by atoms with Gasteiger partial charge in [-0.05, 0) is 44.6 Å². The van der Waals surface area contributed by atoms with Crippen molar-refractivity contribution in [3.63, 3.8) is 0 Å². The second-order valence-corrected chi connectivity index (χ2v) is 7.11. The number of aryl methyl sites for hydroxylation is 1. The van der Waals surface area contributed by atoms with Gasteiger partial charge in [-0.1, -0.05) is 36.5 Å². The fraction of sp³-hybridized carbons (Fsp3) is 0.364. The number of benzene rings is 1. The van der Waals surface area contributed by atoms with Crippen LogP contribution in [0.1, 0.15) is 46.7 Å². The number of aromatic amines is 1. The summed E-state index contributed by atoms with van der Waals surface area (Å²) in [5.74, 6) is -0.860. The van der Waals surface area contributed by atoms with E-state index in [0.717, 1.165) is 25.2 Å². The van der Waals surface area contributed by atoms with Gasteiger partial charge >= 0.3 is 0 Å². The van der Waals surface area contributed by atoms with Gasteiger partial charge in [0, 0.05) is 30.0 Å². The maximum atomic E-state index is 14.2. The first-order valence-corrected chi connectivity index (χ1v) is 9.90. The molecule has 0 saturated carbocycles. The molecule has 0 spiro atoms. The van der Waals surface area contributed by atoms with Crippen molar-refractivity contribution in [2.75, 3.05) is 31.3 Å². The van der Waals surface area contributed by atoms with Crippen LogP contribution in [-0.4, -0.2) is 47.9 Å². The summed E-state index contributed by atoms with van der Waals surface area (Å²) in [4.78, 5) is 30.5. The monoisotopic (exact) mass is 398 g/mol. The van der Waals surface area contributed by atoms with Crippen LogP contribution in [0.25, 0.3) is 11.6 Å². The number of hydrogen-bond acceptors (Lipinski definition) is 3. The first kappa shape index (κ1) is 20.8. The first-order chi connectivity index (χ1) is 13.9. The molecule has 1 aromatic heterocycles. The Balaban J connectivity index is 1.84. The van der Waals surface area contributed by atoms with Crippen molar-refractivity contribution < 1.29 is 14.1 Å². The van der Waals surface area contributed by atoms with Crippen molar-refractivity contribution in [3.05, 3.63) is 52.3 Å². The lowest BCUT2D eigenvalue weighted by Gasteiger charge is -2.18. The van der Waals surface area contributed by atoms with Crippen LogP contribution >= 0.6 is 0 Å². The number of para-hydroxylation sites is 1. The molecule has 29 heavy (non-hydrogen) atoms. The molecule has 0 bridgehead atoms. The third-order valence-electron chi connectivity index (χ3n) is 5.41. The van der Waals surface area contributed by atoms with E-state index < -0.39 is 5.91 Å². The van der Waals surface area contributed by atoms with Gasteiger partial charge in [-0.25, -0.2) is 0 Å². The Hall–Kier alpha value is -2.93. The lowest BCUT2D eigenvalue weighted by molar-refractivity contribution is -0.115. The predicted molar refractivity (Wildman–Crippen MR) is 113 cm³/mol. The lowest BCUT2D eigenvalue weighted by Crippen LogP contribution is -2.35. The number of halogens is 1. The molecule has 1 aliphatic heterocycles. The van der Waals surface area contributed by atoms with Crippen LogP contribution in [0.3, 0.4) is 0 Å². The van der Waals surface area contributed by atoms with Crippen molar-refractivity contribution in [1.29, 1.82) is 0 Å². The van der Waals surface area contributed by atoms with Crippen LogP contribution < -0.4 is 10.4 Å². The lowest BCUT2D eigenvalue weighted by atomic mass is 10.0. The van der Waals surface area contributed by atoms with Gasteiger partial charge in [0.2, 0.25) is 0 Å². The molecule has 3 rings (SSSR count). The van der Waals surface area contributed by atoms with Crippen LogP contribution in [0.2, 0.25) is 0 Å². The number of nitrogens with zero attached hydrogens (tertiary/aromatic N) is 2. The van der Waals surface area contributed by atoms with Gasteiger partial charge in [-0.2, -0.15) is 0 Å². The average molecular weight is 398 g/mol. The number of amides is 2. The number of carbonyl (C=O) groups excluding carboxylic acids is 2. The van der Waals surface area contributed by atoms with E-state index in [0.29, 0.717) is 29.1 Å². The molecular formula is C22H27FN4O2. The first-order valence-electron chi connectivity index (χ1n) is 9.90. The van der Waals surface area contributed by atoms with Gasteiger partial charge in [-0.15, -0.1) is 5.12 Å². The van der Waals surface area contributed by atoms with Crippen LogP contribution in [0.4, 0.5) is 10.2 Å². The third-order valence-corrected chi connectivity index (χ3v) is 5.41. The van der Waals surface area contributed by atoms with E-state index in [-0.39, 0.29) is 22.3 Å². The van der Waals surface area contributed by atoms with E-state index in [1.54, 1.807) is 30.3 Å². The van der Waals surface area contributed by atoms with Crippen molar-refractivity contribution >= 4 is 29.2 Å². The SMILES string of the molecule is CCN(CC)CCNC(=O)c1c(C)[nH]c(/C=C2\C(=O)N(F)c3ccccc32)c1C. The molecule has 0 atom stereocenters. The van der Waals surface area contributed by atoms with Gasteiger partial charge in [0.15, 0.2) is 0 Å². The summed E-state index contributed by atoms with van der Waals surface area (Å²) >= 11 is 0. The van der Waals surface area contributed by atoms with Gasteiger partial charge < -0.3 is 15.2 Å². The van der Waals surface area contributed by atoms with Crippen LogP contribution in [0.5, 0.6) is 0 Å². The summed E-state index contributed by atoms with van der Waals surface area (Å²) in [5.41, 5.74) is 3.68. The Bertz CT molecular complexity index is 960. The van der Waals surface area contributed by atoms with E-state index in [9.17, 15) is 14.1 Å². The highest BCUT2D eigenvalue weighted by atomic mass is 19.2. The summed E-state index contributed by atoms with van der Waals surface area (Å²) in [7, 11) is 0. The molecule has 1 aromatic carbocycles. The highest BCUT2D eigenvalue weighted by molar-refractivity contribution is 6.35. The van der Waals surface area contributed by atoms with Gasteiger partial charge in [0.1, 0.15) is 0 Å². The molecule has 2 amide bonds. The number of fused-ring (bicyclic) bond motifs is 1. The molecule has 6 nitrogen and oxygen atoms in total. The number of hydrogen-bond donors (Lipinski definition) is 2. The molecular weight excluding hydrogens is 371 g/mol. The van der Waals surface area contributed by atoms with E-state index >= 15 is 0 Å². The summed E-state index contributed by atoms with van der Waals surface area (Å²) in [6, 6.07) is 6.73. The van der Waals surface area contributed by atoms with Crippen molar-refractivity contribution in [2.45, 2.75) is 27.7 Å². The van der Waals surface area contributed by atoms with E-state index in [4.69, 9.17) is 0 Å². The number of rotatable bonds is 7. The molecule has 0 fully saturated rings. The summed E-state index contributed by atoms with van der Waals surface area (Å²) in [6.07, 6.45) is 1.62. The van der Waals surface area contributed by atoms with Gasteiger partial charge in [0.25, 0.3) is 11.8 Å². The second kappa shape index (κ2) is 8.61. The normalized spacial score (nSPS) is 14.8. The number of aromatic nitrogens is 1. The Morgan fingerprint density at radius 3 is 2.62 bits per heavy atom. The topological polar surface area (TPSA) is 68.4 Å². The van der Waals surface area contributed by atoms with Crippen molar-refractivity contribution in [1.82, 2.24) is 15.2 Å². The number of likely N-dealkylation sites (N-methyl/N-ethyl adjacent to an activating group) is 1. The molecule has 154 valence electrons. The third kappa shape index (κ3) is 3.96. The molecule has 0 unspecified atom stereocenters. The molecule has 1 aliphatic rings. The minimum Gasteiger partial charge on any atom is -0.358 e. The standard InChI is InChI=1S/C22H27FN4O2/c1-5-26(6-2)12-11-24-21(28)20-14(3)18(25-15(20)4)13-17-16-9-7-8-10-19(16)27(23)22(17)29/h7-10,13,25H,5-6,11-12H2,1-4H3,(H,24,28)/b17-13-. The maximum absolute atomic E-state index is 14.2. The highest BCUT2D eigenvalue weighted by Crippen LogP contribution is 2.38. The predicted octanol–water partition coefficient (Wildman–Crippen LogP) is 3.47. The van der Waals surface area contributed by atoms with Crippen LogP contribution in [0, 0.1) is 13.8 Å². The fourth-order valence-corrected chi connectivity index (χ4v) is 3.70. The molecule has 2 N–H and O–H groups in total. The zero-order valence-electron chi connectivity index (χ0n) is 17.3. The number of anilines is 1. The van der Waals surface area contributed by atoms with Crippen LogP contribution in [-0.2, 0) is 4.79 Å². The van der Waals surface area contributed by atoms with E-state index in [1.165, 1.54) is 0 Å². The van der Waals surface area contributed by atoms with Gasteiger partial charge in [0.05, 0.1) is 16.8 Å². The minimum absolute atomic E-state index is 0.154. The smallest absolute Gasteiger partial charge is 0.287 e. The second-order valence-electron chi connectivity index (χ2n) is 7.11. The summed E-state index contributed by atoms with van der Waals surface area (Å²) in [6.45, 7) is 11.0. The molecule has 7 heteroatoms. The fourth-order valence-electron chi connectivity index (χ4n) is 3.70. The average Bonchev–Trinajstić information content (AvgIpc) is 3.13. The van der Waals surface area contributed by atoms with Crippen molar-refractivity contribution in [3.8, 4) is 0 Å². The largest absolute Gasteiger partial charge is 0.358 e. The quantitative estimate of drug-likeness (QED) is 0.554. The minimum atomic E-state index is -0.705. The Morgan fingerprint density at radius 1 is 1.24 bits per heavy atom. The Labute approximate surface area is 170 Å². The molecule has 0 saturated heterocycles. The molecule has 0 aliphatic carbocycles. The van der Waals surface area contributed by atoms with E-state index in [1.807, 2.05) is 13.8 Å². The molecule has 2 heterocycles. The number of nitrogens with one attached hydrogen (secondary N) is 2. The zero-order chi connectivity index (χ0) is 21.1. The number of carbonyl (C=O) groups is 2.